The third-order valence-electron chi connectivity index (χ3n) is 2.74. The number of hydrogen-bond acceptors (Lipinski definition) is 4. The minimum atomic E-state index is -0.271. The molecule has 1 atom stereocenters. The van der Waals surface area contributed by atoms with Crippen molar-refractivity contribution < 1.29 is 14.3 Å². The molecular formula is C12H22N2O3. The van der Waals surface area contributed by atoms with Crippen LogP contribution in [0.5, 0.6) is 0 Å². The largest absolute Gasteiger partial charge is 0.465 e. The SMILES string of the molecule is CCOC(=O)C(CC)NCCNC(=O)C1CC1. The normalized spacial score (nSPS) is 16.4. The molecule has 17 heavy (non-hydrogen) atoms. The lowest BCUT2D eigenvalue weighted by Crippen LogP contribution is -2.42. The van der Waals surface area contributed by atoms with E-state index < -0.39 is 0 Å². The van der Waals surface area contributed by atoms with Crippen LogP contribution in [0.2, 0.25) is 0 Å². The van der Waals surface area contributed by atoms with E-state index in [4.69, 9.17) is 4.74 Å². The van der Waals surface area contributed by atoms with Crippen LogP contribution in [0.25, 0.3) is 0 Å². The van der Waals surface area contributed by atoms with Gasteiger partial charge in [0.15, 0.2) is 0 Å². The fourth-order valence-electron chi connectivity index (χ4n) is 1.56. The first-order valence-electron chi connectivity index (χ1n) is 6.36. The molecule has 0 spiro atoms. The summed E-state index contributed by atoms with van der Waals surface area (Å²) >= 11 is 0. The van der Waals surface area contributed by atoms with Gasteiger partial charge in [0.25, 0.3) is 0 Å². The number of carbonyl (C=O) groups is 2. The van der Waals surface area contributed by atoms with E-state index in [0.717, 1.165) is 12.8 Å². The molecule has 2 N–H and O–H groups in total. The maximum absolute atomic E-state index is 11.4. The molecule has 0 aromatic carbocycles. The second kappa shape index (κ2) is 7.27. The Bertz CT molecular complexity index is 264. The van der Waals surface area contributed by atoms with Crippen LogP contribution in [0.1, 0.15) is 33.1 Å². The van der Waals surface area contributed by atoms with Gasteiger partial charge in [0.1, 0.15) is 6.04 Å². The maximum Gasteiger partial charge on any atom is 0.323 e. The van der Waals surface area contributed by atoms with E-state index in [1.807, 2.05) is 6.92 Å². The smallest absolute Gasteiger partial charge is 0.323 e. The molecule has 5 nitrogen and oxygen atoms in total. The molecule has 98 valence electrons. The predicted octanol–water partition coefficient (Wildman–Crippen LogP) is 0.444. The Kier molecular flexibility index (Phi) is 5.97. The summed E-state index contributed by atoms with van der Waals surface area (Å²) in [4.78, 5) is 22.8. The first-order valence-corrected chi connectivity index (χ1v) is 6.36. The highest BCUT2D eigenvalue weighted by Gasteiger charge is 2.29. The number of carbonyl (C=O) groups excluding carboxylic acids is 2. The van der Waals surface area contributed by atoms with Gasteiger partial charge < -0.3 is 15.4 Å². The zero-order chi connectivity index (χ0) is 12.7. The van der Waals surface area contributed by atoms with Crippen molar-refractivity contribution >= 4 is 11.9 Å². The van der Waals surface area contributed by atoms with Gasteiger partial charge in [-0.05, 0) is 26.2 Å². The van der Waals surface area contributed by atoms with Crippen molar-refractivity contribution in [1.82, 2.24) is 10.6 Å². The van der Waals surface area contributed by atoms with E-state index in [2.05, 4.69) is 10.6 Å². The molecule has 1 aliphatic carbocycles. The molecule has 1 fully saturated rings. The molecule has 1 amide bonds. The molecule has 0 heterocycles. The Balaban J connectivity index is 2.09. The quantitative estimate of drug-likeness (QED) is 0.479. The second-order valence-corrected chi connectivity index (χ2v) is 4.23. The zero-order valence-corrected chi connectivity index (χ0v) is 10.6. The number of ether oxygens (including phenoxy) is 1. The summed E-state index contributed by atoms with van der Waals surface area (Å²) in [5, 5.41) is 5.92. The number of hydrogen-bond donors (Lipinski definition) is 2. The van der Waals surface area contributed by atoms with E-state index in [9.17, 15) is 9.59 Å². The van der Waals surface area contributed by atoms with Gasteiger partial charge in [-0.1, -0.05) is 6.92 Å². The van der Waals surface area contributed by atoms with Gasteiger partial charge in [0.2, 0.25) is 5.91 Å². The molecule has 0 bridgehead atoms. The third kappa shape index (κ3) is 5.17. The van der Waals surface area contributed by atoms with Crippen LogP contribution in [0.4, 0.5) is 0 Å². The Morgan fingerprint density at radius 3 is 2.53 bits per heavy atom. The van der Waals surface area contributed by atoms with Gasteiger partial charge in [0.05, 0.1) is 6.61 Å². The summed E-state index contributed by atoms with van der Waals surface area (Å²) < 4.78 is 4.93. The molecule has 0 aromatic rings. The molecule has 1 saturated carbocycles. The van der Waals surface area contributed by atoms with Crippen LogP contribution in [0, 0.1) is 5.92 Å². The van der Waals surface area contributed by atoms with Crippen molar-refractivity contribution in [3.63, 3.8) is 0 Å². The molecule has 0 aliphatic heterocycles. The summed E-state index contributed by atoms with van der Waals surface area (Å²) in [7, 11) is 0. The molecule has 0 saturated heterocycles. The van der Waals surface area contributed by atoms with E-state index in [1.165, 1.54) is 0 Å². The molecule has 1 rings (SSSR count). The van der Waals surface area contributed by atoms with Crippen LogP contribution in [0.3, 0.4) is 0 Å². The van der Waals surface area contributed by atoms with Crippen molar-refractivity contribution in [3.8, 4) is 0 Å². The minimum Gasteiger partial charge on any atom is -0.465 e. The summed E-state index contributed by atoms with van der Waals surface area (Å²) in [6.07, 6.45) is 2.72. The Morgan fingerprint density at radius 2 is 2.00 bits per heavy atom. The van der Waals surface area contributed by atoms with Gasteiger partial charge in [0, 0.05) is 19.0 Å². The van der Waals surface area contributed by atoms with Gasteiger partial charge in [-0.2, -0.15) is 0 Å². The fourth-order valence-corrected chi connectivity index (χ4v) is 1.56. The molecule has 0 aromatic heterocycles. The van der Waals surface area contributed by atoms with Gasteiger partial charge in [-0.25, -0.2) is 0 Å². The Hall–Kier alpha value is -1.10. The molecule has 0 radical (unpaired) electrons. The van der Waals surface area contributed by atoms with E-state index in [0.29, 0.717) is 26.1 Å². The lowest BCUT2D eigenvalue weighted by molar-refractivity contribution is -0.145. The number of esters is 1. The highest BCUT2D eigenvalue weighted by molar-refractivity contribution is 5.80. The monoisotopic (exact) mass is 242 g/mol. The van der Waals surface area contributed by atoms with Crippen LogP contribution in [-0.4, -0.2) is 37.6 Å². The van der Waals surface area contributed by atoms with Crippen molar-refractivity contribution in [3.05, 3.63) is 0 Å². The molecular weight excluding hydrogens is 220 g/mol. The van der Waals surface area contributed by atoms with Crippen LogP contribution in [0.15, 0.2) is 0 Å². The van der Waals surface area contributed by atoms with Crippen LogP contribution in [-0.2, 0) is 14.3 Å². The Labute approximate surface area is 102 Å². The standard InChI is InChI=1S/C12H22N2O3/c1-3-10(12(16)17-4-2)13-7-8-14-11(15)9-5-6-9/h9-10,13H,3-8H2,1-2H3,(H,14,15). The second-order valence-electron chi connectivity index (χ2n) is 4.23. The highest BCUT2D eigenvalue weighted by Crippen LogP contribution is 2.28. The zero-order valence-electron chi connectivity index (χ0n) is 10.6. The Morgan fingerprint density at radius 1 is 1.29 bits per heavy atom. The highest BCUT2D eigenvalue weighted by atomic mass is 16.5. The van der Waals surface area contributed by atoms with E-state index in [1.54, 1.807) is 6.92 Å². The van der Waals surface area contributed by atoms with Crippen LogP contribution < -0.4 is 10.6 Å². The number of rotatable bonds is 8. The van der Waals surface area contributed by atoms with E-state index in [-0.39, 0.29) is 23.8 Å². The first-order chi connectivity index (χ1) is 8.19. The summed E-state index contributed by atoms with van der Waals surface area (Å²) in [5.74, 6) is 0.154. The van der Waals surface area contributed by atoms with Crippen molar-refractivity contribution in [2.75, 3.05) is 19.7 Å². The summed E-state index contributed by atoms with van der Waals surface area (Å²) in [6, 6.07) is -0.271. The van der Waals surface area contributed by atoms with Gasteiger partial charge in [-0.3, -0.25) is 9.59 Å². The first kappa shape index (κ1) is 14.0. The maximum atomic E-state index is 11.4. The molecule has 1 unspecified atom stereocenters. The van der Waals surface area contributed by atoms with Crippen molar-refractivity contribution in [2.45, 2.75) is 39.2 Å². The van der Waals surface area contributed by atoms with E-state index >= 15 is 0 Å². The fraction of sp³-hybridized carbons (Fsp3) is 0.833. The van der Waals surface area contributed by atoms with Crippen molar-refractivity contribution in [2.24, 2.45) is 5.92 Å². The van der Waals surface area contributed by atoms with Crippen LogP contribution >= 0.6 is 0 Å². The molecule has 5 heteroatoms. The minimum absolute atomic E-state index is 0.135. The number of amides is 1. The summed E-state index contributed by atoms with van der Waals surface area (Å²) in [6.45, 7) is 5.27. The topological polar surface area (TPSA) is 67.4 Å². The number of nitrogens with one attached hydrogen (secondary N) is 2. The lowest BCUT2D eigenvalue weighted by Gasteiger charge is -2.15. The van der Waals surface area contributed by atoms with Gasteiger partial charge >= 0.3 is 5.97 Å². The van der Waals surface area contributed by atoms with Gasteiger partial charge in [-0.15, -0.1) is 0 Å². The third-order valence-corrected chi connectivity index (χ3v) is 2.74. The lowest BCUT2D eigenvalue weighted by atomic mass is 10.2. The molecule has 1 aliphatic rings. The average Bonchev–Trinajstić information content (AvgIpc) is 3.13. The predicted molar refractivity (Wildman–Crippen MR) is 64.4 cm³/mol. The average molecular weight is 242 g/mol. The summed E-state index contributed by atoms with van der Waals surface area (Å²) in [5.41, 5.74) is 0. The van der Waals surface area contributed by atoms with Crippen molar-refractivity contribution in [1.29, 1.82) is 0 Å².